The van der Waals surface area contributed by atoms with Crippen LogP contribution in [0.15, 0.2) is 0 Å². The second-order valence-electron chi connectivity index (χ2n) is 5.68. The molecule has 0 unspecified atom stereocenters. The molecule has 0 radical (unpaired) electrons. The van der Waals surface area contributed by atoms with Crippen LogP contribution in [-0.2, 0) is 6.42 Å². The molecule has 7 nitrogen and oxygen atoms in total. The summed E-state index contributed by atoms with van der Waals surface area (Å²) < 4.78 is 0. The van der Waals surface area contributed by atoms with Crippen molar-refractivity contribution in [3.63, 3.8) is 0 Å². The third-order valence-electron chi connectivity index (χ3n) is 3.81. The number of hydrogen-bond acceptors (Lipinski definition) is 6. The van der Waals surface area contributed by atoms with Crippen LogP contribution >= 0.6 is 0 Å². The number of aromatic nitrogens is 4. The highest BCUT2D eigenvalue weighted by Crippen LogP contribution is 2.31. The number of aliphatic hydroxyl groups is 1. The van der Waals surface area contributed by atoms with Crippen LogP contribution in [0.3, 0.4) is 0 Å². The van der Waals surface area contributed by atoms with E-state index < -0.39 is 5.60 Å². The molecule has 3 rings (SSSR count). The Morgan fingerprint density at radius 1 is 1.45 bits per heavy atom. The first-order valence-electron chi connectivity index (χ1n) is 6.98. The number of nitrogens with zero attached hydrogens (tertiary/aromatic N) is 4. The Morgan fingerprint density at radius 2 is 2.25 bits per heavy atom. The predicted octanol–water partition coefficient (Wildman–Crippen LogP) is 0.849. The van der Waals surface area contributed by atoms with Crippen molar-refractivity contribution in [2.24, 2.45) is 0 Å². The summed E-state index contributed by atoms with van der Waals surface area (Å²) in [4.78, 5) is 10.6. The molecule has 7 heteroatoms. The molecule has 20 heavy (non-hydrogen) atoms. The number of aryl methyl sites for hydroxylation is 1. The molecule has 108 valence electrons. The summed E-state index contributed by atoms with van der Waals surface area (Å²) in [5.41, 5.74) is 6.68. The van der Waals surface area contributed by atoms with Gasteiger partial charge in [-0.1, -0.05) is 6.92 Å². The van der Waals surface area contributed by atoms with Crippen molar-refractivity contribution >= 4 is 22.8 Å². The number of anilines is 2. The first-order valence-corrected chi connectivity index (χ1v) is 6.98. The van der Waals surface area contributed by atoms with Crippen LogP contribution in [0.4, 0.5) is 11.8 Å². The number of nitrogens with two attached hydrogens (primary N) is 1. The number of fused-ring (bicyclic) bond motifs is 1. The maximum absolute atomic E-state index is 10.3. The summed E-state index contributed by atoms with van der Waals surface area (Å²) in [5, 5.41) is 18.4. The molecule has 4 N–H and O–H groups in total. The molecule has 0 amide bonds. The van der Waals surface area contributed by atoms with Crippen LogP contribution in [0.5, 0.6) is 0 Å². The molecule has 3 heterocycles. The molecule has 1 aliphatic heterocycles. The van der Waals surface area contributed by atoms with Crippen molar-refractivity contribution < 1.29 is 5.11 Å². The highest BCUT2D eigenvalue weighted by atomic mass is 16.3. The molecule has 1 aliphatic rings. The number of β-amino-alcohol motifs (C(OH)–C–C–N with tert-alkyl or cyclic N) is 1. The SMILES string of the molecule is CCc1[nH]nc2nc(N)nc(N3CCC[C@](C)(O)C3)c12. The number of nitrogen functional groups attached to an aromatic ring is 1. The van der Waals surface area contributed by atoms with E-state index in [1.54, 1.807) is 0 Å². The van der Waals surface area contributed by atoms with E-state index in [9.17, 15) is 5.11 Å². The second kappa shape index (κ2) is 4.59. The van der Waals surface area contributed by atoms with Crippen molar-refractivity contribution in [3.8, 4) is 0 Å². The van der Waals surface area contributed by atoms with E-state index in [1.807, 2.05) is 6.92 Å². The van der Waals surface area contributed by atoms with Gasteiger partial charge in [-0.3, -0.25) is 5.10 Å². The summed E-state index contributed by atoms with van der Waals surface area (Å²) in [6.07, 6.45) is 2.55. The van der Waals surface area contributed by atoms with Gasteiger partial charge >= 0.3 is 0 Å². The van der Waals surface area contributed by atoms with Gasteiger partial charge in [0.2, 0.25) is 5.95 Å². The molecule has 1 fully saturated rings. The van der Waals surface area contributed by atoms with Crippen LogP contribution in [0.1, 0.15) is 32.4 Å². The Balaban J connectivity index is 2.12. The Hall–Kier alpha value is -1.89. The fraction of sp³-hybridized carbons (Fsp3) is 0.615. The Bertz CT molecular complexity index is 635. The van der Waals surface area contributed by atoms with E-state index in [0.717, 1.165) is 42.7 Å². The number of nitrogens with one attached hydrogen (secondary N) is 1. The van der Waals surface area contributed by atoms with Gasteiger partial charge in [0.05, 0.1) is 11.0 Å². The number of hydrogen-bond donors (Lipinski definition) is 3. The maximum Gasteiger partial charge on any atom is 0.224 e. The minimum Gasteiger partial charge on any atom is -0.388 e. The van der Waals surface area contributed by atoms with E-state index in [2.05, 4.69) is 32.0 Å². The molecule has 0 aromatic carbocycles. The molecular weight excluding hydrogens is 256 g/mol. The number of piperidine rings is 1. The molecule has 0 bridgehead atoms. The van der Waals surface area contributed by atoms with Crippen molar-refractivity contribution in [1.82, 2.24) is 20.2 Å². The van der Waals surface area contributed by atoms with Gasteiger partial charge in [-0.15, -0.1) is 0 Å². The minimum atomic E-state index is -0.694. The van der Waals surface area contributed by atoms with Gasteiger partial charge < -0.3 is 15.7 Å². The number of rotatable bonds is 2. The fourth-order valence-electron chi connectivity index (χ4n) is 2.87. The van der Waals surface area contributed by atoms with Gasteiger partial charge in [0.25, 0.3) is 0 Å². The molecule has 2 aromatic heterocycles. The first kappa shape index (κ1) is 13.1. The number of H-pyrrole nitrogens is 1. The van der Waals surface area contributed by atoms with E-state index >= 15 is 0 Å². The molecule has 1 atom stereocenters. The van der Waals surface area contributed by atoms with Crippen molar-refractivity contribution in [3.05, 3.63) is 5.69 Å². The van der Waals surface area contributed by atoms with Crippen LogP contribution < -0.4 is 10.6 Å². The predicted molar refractivity (Wildman–Crippen MR) is 77.5 cm³/mol. The number of aromatic amines is 1. The van der Waals surface area contributed by atoms with Crippen LogP contribution in [0.2, 0.25) is 0 Å². The van der Waals surface area contributed by atoms with E-state index in [1.165, 1.54) is 0 Å². The second-order valence-corrected chi connectivity index (χ2v) is 5.68. The third-order valence-corrected chi connectivity index (χ3v) is 3.81. The van der Waals surface area contributed by atoms with E-state index in [-0.39, 0.29) is 5.95 Å². The van der Waals surface area contributed by atoms with Gasteiger partial charge in [0.15, 0.2) is 5.65 Å². The van der Waals surface area contributed by atoms with E-state index in [4.69, 9.17) is 5.73 Å². The zero-order valence-electron chi connectivity index (χ0n) is 11.8. The van der Waals surface area contributed by atoms with Gasteiger partial charge in [0, 0.05) is 18.8 Å². The van der Waals surface area contributed by atoms with Crippen LogP contribution in [0.25, 0.3) is 11.0 Å². The minimum absolute atomic E-state index is 0.215. The lowest BCUT2D eigenvalue weighted by atomic mass is 9.95. The average Bonchev–Trinajstić information content (AvgIpc) is 2.79. The van der Waals surface area contributed by atoms with Crippen molar-refractivity contribution in [2.75, 3.05) is 23.7 Å². The summed E-state index contributed by atoms with van der Waals surface area (Å²) >= 11 is 0. The Morgan fingerprint density at radius 3 is 2.95 bits per heavy atom. The molecule has 1 saturated heterocycles. The van der Waals surface area contributed by atoms with Gasteiger partial charge in [0.1, 0.15) is 5.82 Å². The Kier molecular flexibility index (Phi) is 3.01. The van der Waals surface area contributed by atoms with Crippen molar-refractivity contribution in [1.29, 1.82) is 0 Å². The zero-order chi connectivity index (χ0) is 14.3. The lowest BCUT2D eigenvalue weighted by molar-refractivity contribution is 0.0448. The zero-order valence-corrected chi connectivity index (χ0v) is 11.8. The highest BCUT2D eigenvalue weighted by molar-refractivity contribution is 5.90. The Labute approximate surface area is 117 Å². The monoisotopic (exact) mass is 276 g/mol. The lowest BCUT2D eigenvalue weighted by Crippen LogP contribution is -2.46. The smallest absolute Gasteiger partial charge is 0.224 e. The topological polar surface area (TPSA) is 104 Å². The standard InChI is InChI=1S/C13H20N6O/c1-3-8-9-10(18-17-8)15-12(14)16-11(9)19-6-4-5-13(2,20)7-19/h20H,3-7H2,1-2H3,(H3,14,15,16,17,18)/t13-/m0/s1. The molecule has 0 saturated carbocycles. The van der Waals surface area contributed by atoms with Gasteiger partial charge in [-0.05, 0) is 26.2 Å². The lowest BCUT2D eigenvalue weighted by Gasteiger charge is -2.37. The van der Waals surface area contributed by atoms with Crippen molar-refractivity contribution in [2.45, 2.75) is 38.7 Å². The molecule has 0 aliphatic carbocycles. The first-order chi connectivity index (χ1) is 9.50. The van der Waals surface area contributed by atoms with E-state index in [0.29, 0.717) is 12.2 Å². The van der Waals surface area contributed by atoms with Crippen LogP contribution in [0, 0.1) is 0 Å². The fourth-order valence-corrected chi connectivity index (χ4v) is 2.87. The molecular formula is C13H20N6O. The summed E-state index contributed by atoms with van der Waals surface area (Å²) in [7, 11) is 0. The summed E-state index contributed by atoms with van der Waals surface area (Å²) in [6, 6.07) is 0. The van der Waals surface area contributed by atoms with Gasteiger partial charge in [-0.25, -0.2) is 0 Å². The summed E-state index contributed by atoms with van der Waals surface area (Å²) in [5.74, 6) is 0.991. The quantitative estimate of drug-likeness (QED) is 0.751. The average molecular weight is 276 g/mol. The maximum atomic E-state index is 10.3. The molecule has 0 spiro atoms. The molecule has 2 aromatic rings. The summed E-state index contributed by atoms with van der Waals surface area (Å²) in [6.45, 7) is 5.32. The third kappa shape index (κ3) is 2.18. The normalized spacial score (nSPS) is 23.4. The van der Waals surface area contributed by atoms with Gasteiger partial charge in [-0.2, -0.15) is 15.1 Å². The largest absolute Gasteiger partial charge is 0.388 e. The van der Waals surface area contributed by atoms with Crippen LogP contribution in [-0.4, -0.2) is 44.0 Å². The highest BCUT2D eigenvalue weighted by Gasteiger charge is 2.31.